The lowest BCUT2D eigenvalue weighted by atomic mass is 10.1. The fraction of sp³-hybridized carbons (Fsp3) is 0.500. The zero-order valence-electron chi connectivity index (χ0n) is 16.8. The molecular weight excluding hydrogens is 392 g/mol. The van der Waals surface area contributed by atoms with Crippen LogP contribution in [0.4, 0.5) is 5.95 Å². The molecule has 1 aromatic heterocycles. The van der Waals surface area contributed by atoms with Gasteiger partial charge in [-0.2, -0.15) is 9.29 Å². The summed E-state index contributed by atoms with van der Waals surface area (Å²) in [4.78, 5) is 11.6. The molecule has 0 bridgehead atoms. The summed E-state index contributed by atoms with van der Waals surface area (Å²) >= 11 is 0. The fourth-order valence-electron chi connectivity index (χ4n) is 3.66. The molecule has 3 heterocycles. The van der Waals surface area contributed by atoms with Crippen LogP contribution >= 0.6 is 0 Å². The van der Waals surface area contributed by atoms with Crippen LogP contribution in [0.3, 0.4) is 0 Å². The van der Waals surface area contributed by atoms with E-state index in [0.29, 0.717) is 30.5 Å². The van der Waals surface area contributed by atoms with E-state index in [2.05, 4.69) is 9.88 Å². The van der Waals surface area contributed by atoms with Gasteiger partial charge in [-0.05, 0) is 44.0 Å². The number of methoxy groups -OCH3 is 1. The van der Waals surface area contributed by atoms with Gasteiger partial charge in [-0.15, -0.1) is 0 Å². The minimum atomic E-state index is -3.29. The first kappa shape index (κ1) is 19.9. The van der Waals surface area contributed by atoms with Gasteiger partial charge >= 0.3 is 0 Å². The maximum Gasteiger partial charge on any atom is 0.228 e. The summed E-state index contributed by atoms with van der Waals surface area (Å²) in [5.41, 5.74) is 1.61. The number of sulfonamides is 1. The largest absolute Gasteiger partial charge is 0.497 e. The molecule has 2 aliphatic rings. The summed E-state index contributed by atoms with van der Waals surface area (Å²) in [6.45, 7) is 4.18. The van der Waals surface area contributed by atoms with Gasteiger partial charge < -0.3 is 14.4 Å². The number of fused-ring (bicyclic) bond motifs is 1. The van der Waals surface area contributed by atoms with Crippen molar-refractivity contribution in [1.29, 1.82) is 0 Å². The summed E-state index contributed by atoms with van der Waals surface area (Å²) in [6, 6.07) is 7.26. The van der Waals surface area contributed by atoms with Gasteiger partial charge in [-0.1, -0.05) is 0 Å². The average molecular weight is 419 g/mol. The molecular formula is C20H26N4O4S. The molecule has 8 nitrogen and oxygen atoms in total. The third kappa shape index (κ3) is 4.16. The summed E-state index contributed by atoms with van der Waals surface area (Å²) in [5, 5.41) is 0. The molecule has 0 amide bonds. The third-order valence-electron chi connectivity index (χ3n) is 5.40. The van der Waals surface area contributed by atoms with Crippen molar-refractivity contribution in [3.63, 3.8) is 0 Å². The first-order chi connectivity index (χ1) is 14.0. The van der Waals surface area contributed by atoms with E-state index in [9.17, 15) is 8.42 Å². The second-order valence-corrected chi connectivity index (χ2v) is 9.47. The molecule has 9 heteroatoms. The van der Waals surface area contributed by atoms with E-state index in [4.69, 9.17) is 14.5 Å². The molecule has 1 saturated heterocycles. The van der Waals surface area contributed by atoms with Crippen LogP contribution in [0, 0.1) is 0 Å². The topological polar surface area (TPSA) is 84.9 Å². The Morgan fingerprint density at radius 3 is 2.38 bits per heavy atom. The normalized spacial score (nSPS) is 17.2. The van der Waals surface area contributed by atoms with E-state index in [0.717, 1.165) is 42.9 Å². The summed E-state index contributed by atoms with van der Waals surface area (Å²) in [7, 11) is -1.68. The number of benzene rings is 1. The van der Waals surface area contributed by atoms with Crippen molar-refractivity contribution in [3.8, 4) is 17.4 Å². The SMILES string of the molecule is CCS(=O)(=O)N1CCc2nc(N3CCCC3)nc(Oc3ccc(OC)cc3)c2C1. The van der Waals surface area contributed by atoms with Gasteiger partial charge in [0.05, 0.1) is 24.1 Å². The Bertz CT molecular complexity index is 973. The molecule has 29 heavy (non-hydrogen) atoms. The Balaban J connectivity index is 1.71. The van der Waals surface area contributed by atoms with Crippen LogP contribution in [0.25, 0.3) is 0 Å². The highest BCUT2D eigenvalue weighted by Gasteiger charge is 2.30. The molecule has 0 spiro atoms. The summed E-state index contributed by atoms with van der Waals surface area (Å²) < 4.78 is 37.6. The van der Waals surface area contributed by atoms with Gasteiger partial charge in [0.25, 0.3) is 0 Å². The smallest absolute Gasteiger partial charge is 0.228 e. The van der Waals surface area contributed by atoms with Gasteiger partial charge in [0.2, 0.25) is 21.9 Å². The van der Waals surface area contributed by atoms with Crippen LogP contribution in [0.15, 0.2) is 24.3 Å². The second-order valence-electron chi connectivity index (χ2n) is 7.21. The predicted octanol–water partition coefficient (Wildman–Crippen LogP) is 2.59. The van der Waals surface area contributed by atoms with Crippen LogP contribution < -0.4 is 14.4 Å². The van der Waals surface area contributed by atoms with E-state index in [1.165, 1.54) is 4.31 Å². The van der Waals surface area contributed by atoms with Crippen molar-refractivity contribution in [2.45, 2.75) is 32.7 Å². The lowest BCUT2D eigenvalue weighted by Crippen LogP contribution is -2.38. The molecule has 1 fully saturated rings. The monoisotopic (exact) mass is 418 g/mol. The zero-order valence-corrected chi connectivity index (χ0v) is 17.6. The van der Waals surface area contributed by atoms with Gasteiger partial charge in [0, 0.05) is 32.6 Å². The Morgan fingerprint density at radius 1 is 1.03 bits per heavy atom. The number of anilines is 1. The van der Waals surface area contributed by atoms with Crippen molar-refractivity contribution in [3.05, 3.63) is 35.5 Å². The maximum absolute atomic E-state index is 12.4. The average Bonchev–Trinajstić information content (AvgIpc) is 3.29. The number of nitrogens with zero attached hydrogens (tertiary/aromatic N) is 4. The van der Waals surface area contributed by atoms with Crippen LogP contribution in [-0.2, 0) is 23.0 Å². The van der Waals surface area contributed by atoms with E-state index in [-0.39, 0.29) is 12.3 Å². The van der Waals surface area contributed by atoms with E-state index in [1.807, 2.05) is 24.3 Å². The fourth-order valence-corrected chi connectivity index (χ4v) is 4.73. The van der Waals surface area contributed by atoms with Gasteiger partial charge in [-0.3, -0.25) is 0 Å². The highest BCUT2D eigenvalue weighted by Crippen LogP contribution is 2.33. The molecule has 1 aromatic carbocycles. The van der Waals surface area contributed by atoms with Crippen LogP contribution in [0.1, 0.15) is 31.0 Å². The van der Waals surface area contributed by atoms with Crippen molar-refractivity contribution >= 4 is 16.0 Å². The number of hydrogen-bond acceptors (Lipinski definition) is 7. The molecule has 0 aliphatic carbocycles. The summed E-state index contributed by atoms with van der Waals surface area (Å²) in [5.74, 6) is 2.52. The number of aromatic nitrogens is 2. The molecule has 0 radical (unpaired) electrons. The highest BCUT2D eigenvalue weighted by molar-refractivity contribution is 7.89. The Hall–Kier alpha value is -2.39. The lowest BCUT2D eigenvalue weighted by Gasteiger charge is -2.29. The molecule has 2 aromatic rings. The van der Waals surface area contributed by atoms with E-state index >= 15 is 0 Å². The Morgan fingerprint density at radius 2 is 1.72 bits per heavy atom. The van der Waals surface area contributed by atoms with Crippen molar-refractivity contribution < 1.29 is 17.9 Å². The maximum atomic E-state index is 12.4. The van der Waals surface area contributed by atoms with Crippen molar-refractivity contribution in [2.24, 2.45) is 0 Å². The first-order valence-corrected chi connectivity index (χ1v) is 11.6. The minimum absolute atomic E-state index is 0.0731. The second kappa shape index (κ2) is 8.16. The molecule has 0 unspecified atom stereocenters. The molecule has 156 valence electrons. The number of ether oxygens (including phenoxy) is 2. The van der Waals surface area contributed by atoms with Crippen molar-refractivity contribution in [1.82, 2.24) is 14.3 Å². The zero-order chi connectivity index (χ0) is 20.4. The van der Waals surface area contributed by atoms with Gasteiger partial charge in [0.1, 0.15) is 11.5 Å². The highest BCUT2D eigenvalue weighted by atomic mass is 32.2. The van der Waals surface area contributed by atoms with E-state index < -0.39 is 10.0 Å². The van der Waals surface area contributed by atoms with Gasteiger partial charge in [0.15, 0.2) is 0 Å². The number of hydrogen-bond donors (Lipinski definition) is 0. The minimum Gasteiger partial charge on any atom is -0.497 e. The van der Waals surface area contributed by atoms with E-state index in [1.54, 1.807) is 14.0 Å². The molecule has 0 saturated carbocycles. The number of rotatable bonds is 6. The molecule has 2 aliphatic heterocycles. The standard InChI is InChI=1S/C20H26N4O4S/c1-3-29(25,26)24-13-10-18-17(14-24)19(22-20(21-18)23-11-4-5-12-23)28-16-8-6-15(27-2)7-9-16/h6-9H,3-5,10-14H2,1-2H3. The van der Waals surface area contributed by atoms with Crippen LogP contribution in [-0.4, -0.2) is 55.2 Å². The van der Waals surface area contributed by atoms with Gasteiger partial charge in [-0.25, -0.2) is 13.4 Å². The Kier molecular flexibility index (Phi) is 5.60. The van der Waals surface area contributed by atoms with Crippen LogP contribution in [0.5, 0.6) is 17.4 Å². The Labute approximate surface area is 171 Å². The predicted molar refractivity (Wildman–Crippen MR) is 110 cm³/mol. The third-order valence-corrected chi connectivity index (χ3v) is 7.22. The molecule has 4 rings (SSSR count). The van der Waals surface area contributed by atoms with Crippen molar-refractivity contribution in [2.75, 3.05) is 37.4 Å². The summed E-state index contributed by atoms with van der Waals surface area (Å²) in [6.07, 6.45) is 2.80. The van der Waals surface area contributed by atoms with Crippen LogP contribution in [0.2, 0.25) is 0 Å². The first-order valence-electron chi connectivity index (χ1n) is 9.94. The quantitative estimate of drug-likeness (QED) is 0.713. The molecule has 0 N–H and O–H groups in total. The lowest BCUT2D eigenvalue weighted by molar-refractivity contribution is 0.369. The molecule has 0 atom stereocenters.